The minimum Gasteiger partial charge on any atom is -0.478 e. The summed E-state index contributed by atoms with van der Waals surface area (Å²) in [5.74, 6) is -1.98. The summed E-state index contributed by atoms with van der Waals surface area (Å²) in [7, 11) is 0. The summed E-state index contributed by atoms with van der Waals surface area (Å²) in [6.07, 6.45) is 4.81. The van der Waals surface area contributed by atoms with Crippen LogP contribution in [0.4, 0.5) is 0 Å². The van der Waals surface area contributed by atoms with Crippen LogP contribution < -0.4 is 0 Å². The van der Waals surface area contributed by atoms with Gasteiger partial charge in [-0.15, -0.1) is 0 Å². The second kappa shape index (κ2) is 6.21. The number of carboxylic acid groups (broad SMARTS) is 2. The summed E-state index contributed by atoms with van der Waals surface area (Å²) in [6, 6.07) is 3.22. The zero-order valence-corrected chi connectivity index (χ0v) is 10.6. The van der Waals surface area contributed by atoms with Crippen LogP contribution in [0.15, 0.2) is 40.0 Å². The van der Waals surface area contributed by atoms with E-state index in [1.165, 1.54) is 12.3 Å². The number of furan rings is 1. The van der Waals surface area contributed by atoms with E-state index >= 15 is 0 Å². The molecule has 6 heteroatoms. The quantitative estimate of drug-likeness (QED) is 0.449. The maximum absolute atomic E-state index is 11.2. The highest BCUT2D eigenvalue weighted by molar-refractivity contribution is 5.98. The minimum absolute atomic E-state index is 0.0423. The van der Waals surface area contributed by atoms with E-state index in [1.54, 1.807) is 12.1 Å². The van der Waals surface area contributed by atoms with Crippen molar-refractivity contribution in [2.75, 3.05) is 6.61 Å². The van der Waals surface area contributed by atoms with Gasteiger partial charge in [0.1, 0.15) is 5.76 Å². The van der Waals surface area contributed by atoms with Gasteiger partial charge >= 0.3 is 11.9 Å². The highest BCUT2D eigenvalue weighted by atomic mass is 16.6. The molecule has 0 saturated carbocycles. The first-order valence-electron chi connectivity index (χ1n) is 6.10. The maximum Gasteiger partial charge on any atom is 0.335 e. The lowest BCUT2D eigenvalue weighted by Crippen LogP contribution is -2.06. The van der Waals surface area contributed by atoms with Crippen LogP contribution in [0.3, 0.4) is 0 Å². The molecular weight excluding hydrogens is 264 g/mol. The second-order valence-corrected chi connectivity index (χ2v) is 4.39. The molecule has 1 aliphatic rings. The van der Waals surface area contributed by atoms with E-state index in [-0.39, 0.29) is 23.7 Å². The van der Waals surface area contributed by atoms with Gasteiger partial charge in [-0.1, -0.05) is 0 Å². The van der Waals surface area contributed by atoms with Gasteiger partial charge in [-0.25, -0.2) is 9.59 Å². The van der Waals surface area contributed by atoms with E-state index in [0.717, 1.165) is 6.08 Å². The molecule has 0 bridgehead atoms. The van der Waals surface area contributed by atoms with Crippen molar-refractivity contribution in [2.45, 2.75) is 18.9 Å². The summed E-state index contributed by atoms with van der Waals surface area (Å²) in [5.41, 5.74) is -0.0882. The van der Waals surface area contributed by atoms with Gasteiger partial charge in [-0.3, -0.25) is 0 Å². The highest BCUT2D eigenvalue weighted by Gasteiger charge is 2.23. The Morgan fingerprint density at radius 3 is 2.60 bits per heavy atom. The molecule has 2 rings (SSSR count). The molecule has 106 valence electrons. The van der Waals surface area contributed by atoms with Crippen molar-refractivity contribution in [1.82, 2.24) is 0 Å². The molecule has 2 N–H and O–H groups in total. The Morgan fingerprint density at radius 2 is 2.10 bits per heavy atom. The molecule has 1 aliphatic heterocycles. The monoisotopic (exact) mass is 278 g/mol. The van der Waals surface area contributed by atoms with E-state index in [1.807, 2.05) is 0 Å². The van der Waals surface area contributed by atoms with Gasteiger partial charge in [0, 0.05) is 5.57 Å². The van der Waals surface area contributed by atoms with Crippen LogP contribution in [-0.4, -0.2) is 34.9 Å². The number of aliphatic carboxylic acids is 2. The number of hydrogen-bond donors (Lipinski definition) is 2. The third-order valence-corrected chi connectivity index (χ3v) is 2.83. The van der Waals surface area contributed by atoms with Crippen LogP contribution in [-0.2, 0) is 14.3 Å². The molecule has 6 nitrogen and oxygen atoms in total. The van der Waals surface area contributed by atoms with Crippen molar-refractivity contribution in [2.24, 2.45) is 0 Å². The molecule has 20 heavy (non-hydrogen) atoms. The molecule has 0 radical (unpaired) electrons. The van der Waals surface area contributed by atoms with E-state index in [4.69, 9.17) is 19.4 Å². The first kappa shape index (κ1) is 14.1. The molecule has 1 atom stereocenters. The Bertz CT molecular complexity index is 548. The molecule has 1 unspecified atom stereocenters. The number of carbonyl (C=O) groups is 2. The van der Waals surface area contributed by atoms with Gasteiger partial charge in [-0.2, -0.15) is 0 Å². The number of hydrogen-bond acceptors (Lipinski definition) is 4. The molecule has 0 aliphatic carbocycles. The van der Waals surface area contributed by atoms with Crippen molar-refractivity contribution in [1.29, 1.82) is 0 Å². The summed E-state index contributed by atoms with van der Waals surface area (Å²) < 4.78 is 10.0. The van der Waals surface area contributed by atoms with Crippen LogP contribution in [0.25, 0.3) is 6.08 Å². The Morgan fingerprint density at radius 1 is 1.35 bits per heavy atom. The molecule has 0 amide bonds. The SMILES string of the molecule is O=C(O)C(=Cc1ccco1)C=C(CCC1CO1)C(=O)O. The number of ether oxygens (including phenoxy) is 1. The molecule has 2 heterocycles. The fourth-order valence-electron chi connectivity index (χ4n) is 1.67. The third kappa shape index (κ3) is 4.10. The van der Waals surface area contributed by atoms with E-state index in [0.29, 0.717) is 18.8 Å². The fraction of sp³-hybridized carbons (Fsp3) is 0.286. The molecule has 1 saturated heterocycles. The molecule has 1 aromatic rings. The fourth-order valence-corrected chi connectivity index (χ4v) is 1.67. The Labute approximate surface area is 115 Å². The van der Waals surface area contributed by atoms with Crippen molar-refractivity contribution >= 4 is 18.0 Å². The van der Waals surface area contributed by atoms with E-state index < -0.39 is 11.9 Å². The van der Waals surface area contributed by atoms with Crippen molar-refractivity contribution in [3.8, 4) is 0 Å². The predicted octanol–water partition coefficient (Wildman–Crippen LogP) is 1.94. The zero-order chi connectivity index (χ0) is 14.5. The van der Waals surface area contributed by atoms with Gasteiger partial charge in [0.05, 0.1) is 24.5 Å². The van der Waals surface area contributed by atoms with Crippen molar-refractivity contribution < 1.29 is 29.0 Å². The topological polar surface area (TPSA) is 100 Å². The van der Waals surface area contributed by atoms with Gasteiger partial charge in [0.15, 0.2) is 0 Å². The lowest BCUT2D eigenvalue weighted by Gasteiger charge is -2.02. The second-order valence-electron chi connectivity index (χ2n) is 4.39. The third-order valence-electron chi connectivity index (χ3n) is 2.83. The maximum atomic E-state index is 11.2. The van der Waals surface area contributed by atoms with Gasteiger partial charge in [-0.05, 0) is 37.1 Å². The van der Waals surface area contributed by atoms with Crippen LogP contribution in [0, 0.1) is 0 Å². The Kier molecular flexibility index (Phi) is 4.37. The zero-order valence-electron chi connectivity index (χ0n) is 10.6. The summed E-state index contributed by atoms with van der Waals surface area (Å²) in [4.78, 5) is 22.3. The minimum atomic E-state index is -1.21. The molecule has 0 aromatic carbocycles. The molecule has 1 aromatic heterocycles. The largest absolute Gasteiger partial charge is 0.478 e. The summed E-state index contributed by atoms with van der Waals surface area (Å²) >= 11 is 0. The number of epoxide rings is 1. The van der Waals surface area contributed by atoms with Crippen molar-refractivity contribution in [3.05, 3.63) is 41.4 Å². The van der Waals surface area contributed by atoms with E-state index in [9.17, 15) is 9.59 Å². The lowest BCUT2D eigenvalue weighted by molar-refractivity contribution is -0.133. The lowest BCUT2D eigenvalue weighted by atomic mass is 10.0. The first-order valence-corrected chi connectivity index (χ1v) is 6.10. The van der Waals surface area contributed by atoms with Crippen LogP contribution >= 0.6 is 0 Å². The number of carboxylic acids is 2. The smallest absolute Gasteiger partial charge is 0.335 e. The average Bonchev–Trinajstić information content (AvgIpc) is 3.07. The Hall–Kier alpha value is -2.34. The van der Waals surface area contributed by atoms with Gasteiger partial charge in [0.2, 0.25) is 0 Å². The highest BCUT2D eigenvalue weighted by Crippen LogP contribution is 2.20. The normalized spacial score (nSPS) is 18.9. The summed E-state index contributed by atoms with van der Waals surface area (Å²) in [5, 5.41) is 18.2. The Balaban J connectivity index is 2.19. The first-order chi connectivity index (χ1) is 9.56. The van der Waals surface area contributed by atoms with Crippen molar-refractivity contribution in [3.63, 3.8) is 0 Å². The van der Waals surface area contributed by atoms with Crippen LogP contribution in [0.2, 0.25) is 0 Å². The predicted molar refractivity (Wildman–Crippen MR) is 69.0 cm³/mol. The van der Waals surface area contributed by atoms with E-state index in [2.05, 4.69) is 0 Å². The molecular formula is C14H14O6. The number of rotatable bonds is 7. The van der Waals surface area contributed by atoms with Gasteiger partial charge in [0.25, 0.3) is 0 Å². The average molecular weight is 278 g/mol. The summed E-state index contributed by atoms with van der Waals surface area (Å²) in [6.45, 7) is 0.640. The van der Waals surface area contributed by atoms with Crippen LogP contribution in [0.5, 0.6) is 0 Å². The van der Waals surface area contributed by atoms with Gasteiger partial charge < -0.3 is 19.4 Å². The van der Waals surface area contributed by atoms with Crippen LogP contribution in [0.1, 0.15) is 18.6 Å². The molecule has 0 spiro atoms. The molecule has 1 fully saturated rings. The standard InChI is InChI=1S/C14H14O6/c15-13(16)9(3-4-12-8-20-12)6-10(14(17)18)7-11-2-1-5-19-11/h1-2,5-7,12H,3-4,8H2,(H,15,16)(H,17,18).